The van der Waals surface area contributed by atoms with Gasteiger partial charge in [0.05, 0.1) is 5.56 Å². The van der Waals surface area contributed by atoms with Crippen LogP contribution < -0.4 is 0 Å². The van der Waals surface area contributed by atoms with Crippen molar-refractivity contribution in [3.8, 4) is 0 Å². The Bertz CT molecular complexity index is 244. The lowest BCUT2D eigenvalue weighted by Gasteiger charge is -1.94. The number of carbonyl (C=O) groups is 1. The maximum Gasteiger partial charge on any atom is 0.155 e. The second kappa shape index (κ2) is 3.21. The van der Waals surface area contributed by atoms with Crippen molar-refractivity contribution in [2.24, 2.45) is 0 Å². The van der Waals surface area contributed by atoms with Crippen LogP contribution in [0.3, 0.4) is 0 Å². The average molecular weight is 266 g/mol. The molecule has 0 bridgehead atoms. The quantitative estimate of drug-likeness (QED) is 0.575. The number of hydrogen-bond acceptors (Lipinski definition) is 3. The zero-order chi connectivity index (χ0) is 7.56. The molecule has 0 fully saturated rings. The second-order valence-corrected chi connectivity index (χ2v) is 2.99. The molecule has 0 unspecified atom stereocenters. The van der Waals surface area contributed by atoms with Gasteiger partial charge in [-0.1, -0.05) is 0 Å². The Morgan fingerprint density at radius 1 is 1.30 bits per heavy atom. The third kappa shape index (κ3) is 1.41. The van der Waals surface area contributed by atoms with E-state index in [-0.39, 0.29) is 0 Å². The van der Waals surface area contributed by atoms with E-state index in [4.69, 9.17) is 0 Å². The Labute approximate surface area is 74.1 Å². The van der Waals surface area contributed by atoms with E-state index in [0.717, 1.165) is 0 Å². The first kappa shape index (κ1) is 7.81. The summed E-state index contributed by atoms with van der Waals surface area (Å²) in [6.07, 6.45) is 2.05. The van der Waals surface area contributed by atoms with E-state index in [9.17, 15) is 4.79 Å². The molecule has 52 valence electrons. The lowest BCUT2D eigenvalue weighted by atomic mass is 10.4. The minimum Gasteiger partial charge on any atom is -0.298 e. The molecule has 3 nitrogen and oxygen atoms in total. The van der Waals surface area contributed by atoms with E-state index in [2.05, 4.69) is 41.8 Å². The highest BCUT2D eigenvalue weighted by Gasteiger charge is 2.03. The molecule has 5 heteroatoms. The number of hydrogen-bond donors (Lipinski definition) is 0. The molecule has 0 aromatic carbocycles. The van der Waals surface area contributed by atoms with Crippen LogP contribution in [0.2, 0.25) is 0 Å². The minimum absolute atomic E-state index is 0.433. The molecule has 10 heavy (non-hydrogen) atoms. The smallest absolute Gasteiger partial charge is 0.155 e. The summed E-state index contributed by atoms with van der Waals surface area (Å²) in [6.45, 7) is 0. The summed E-state index contributed by atoms with van der Waals surface area (Å²) in [6, 6.07) is 0. The molecule has 0 N–H and O–H groups in total. The van der Waals surface area contributed by atoms with Crippen molar-refractivity contribution in [2.45, 2.75) is 0 Å². The molecule has 0 spiro atoms. The summed E-state index contributed by atoms with van der Waals surface area (Å²) < 4.78 is 1.01. The highest BCUT2D eigenvalue weighted by atomic mass is 79.9. The molecule has 1 aromatic heterocycles. The van der Waals surface area contributed by atoms with Crippen LogP contribution in [0.1, 0.15) is 10.4 Å². The van der Waals surface area contributed by atoms with E-state index in [0.29, 0.717) is 21.1 Å². The Balaban J connectivity index is 3.30. The van der Waals surface area contributed by atoms with Crippen LogP contribution in [0.25, 0.3) is 0 Å². The molecule has 0 amide bonds. The second-order valence-electron chi connectivity index (χ2n) is 1.49. The lowest BCUT2D eigenvalue weighted by molar-refractivity contribution is 0.112. The van der Waals surface area contributed by atoms with Gasteiger partial charge in [-0.3, -0.25) is 4.79 Å². The van der Waals surface area contributed by atoms with Crippen molar-refractivity contribution < 1.29 is 4.79 Å². The number of nitrogens with zero attached hydrogens (tertiary/aromatic N) is 2. The maximum absolute atomic E-state index is 10.3. The van der Waals surface area contributed by atoms with Gasteiger partial charge >= 0.3 is 0 Å². The van der Waals surface area contributed by atoms with Crippen LogP contribution in [0.4, 0.5) is 0 Å². The Morgan fingerprint density at radius 2 is 1.80 bits per heavy atom. The molecule has 0 aliphatic rings. The summed E-state index contributed by atoms with van der Waals surface area (Å²) in [5.41, 5.74) is 0.433. The third-order valence-electron chi connectivity index (χ3n) is 0.905. The van der Waals surface area contributed by atoms with Gasteiger partial charge in [-0.05, 0) is 31.9 Å². The zero-order valence-electron chi connectivity index (χ0n) is 4.71. The summed E-state index contributed by atoms with van der Waals surface area (Å²) >= 11 is 6.19. The Hall–Kier alpha value is -0.290. The number of aldehydes is 1. The first-order chi connectivity index (χ1) is 4.75. The van der Waals surface area contributed by atoms with Gasteiger partial charge in [-0.2, -0.15) is 0 Å². The van der Waals surface area contributed by atoms with Gasteiger partial charge < -0.3 is 0 Å². The molecule has 1 heterocycles. The van der Waals surface area contributed by atoms with E-state index in [1.807, 2.05) is 0 Å². The monoisotopic (exact) mass is 264 g/mol. The van der Waals surface area contributed by atoms with E-state index >= 15 is 0 Å². The summed E-state index contributed by atoms with van der Waals surface area (Å²) in [4.78, 5) is 17.8. The van der Waals surface area contributed by atoms with Crippen LogP contribution in [-0.2, 0) is 0 Å². The van der Waals surface area contributed by atoms with Gasteiger partial charge in [0.15, 0.2) is 6.29 Å². The lowest BCUT2D eigenvalue weighted by Crippen LogP contribution is -1.90. The van der Waals surface area contributed by atoms with Crippen molar-refractivity contribution >= 4 is 38.1 Å². The predicted octanol–water partition coefficient (Wildman–Crippen LogP) is 1.81. The van der Waals surface area contributed by atoms with Crippen molar-refractivity contribution in [2.75, 3.05) is 0 Å². The predicted molar refractivity (Wildman–Crippen MR) is 42.8 cm³/mol. The van der Waals surface area contributed by atoms with Crippen LogP contribution in [0.5, 0.6) is 0 Å². The Morgan fingerprint density at radius 3 is 2.10 bits per heavy atom. The van der Waals surface area contributed by atoms with Crippen LogP contribution in [-0.4, -0.2) is 16.3 Å². The standard InChI is InChI=1S/C5H2Br2N2O/c6-4-3(1-10)5(7)9-2-8-4/h1-2H. The third-order valence-corrected chi connectivity index (χ3v) is 2.17. The first-order valence-corrected chi connectivity index (χ1v) is 3.95. The highest BCUT2D eigenvalue weighted by Crippen LogP contribution is 2.17. The Kier molecular flexibility index (Phi) is 2.50. The van der Waals surface area contributed by atoms with Crippen LogP contribution in [0.15, 0.2) is 15.5 Å². The summed E-state index contributed by atoms with van der Waals surface area (Å²) in [7, 11) is 0. The van der Waals surface area contributed by atoms with Crippen LogP contribution >= 0.6 is 31.9 Å². The fraction of sp³-hybridized carbons (Fsp3) is 0. The molecule has 0 saturated heterocycles. The van der Waals surface area contributed by atoms with E-state index in [1.54, 1.807) is 0 Å². The molecule has 0 aliphatic heterocycles. The zero-order valence-corrected chi connectivity index (χ0v) is 7.89. The first-order valence-electron chi connectivity index (χ1n) is 2.37. The van der Waals surface area contributed by atoms with Gasteiger partial charge in [0.1, 0.15) is 15.5 Å². The number of carbonyl (C=O) groups excluding carboxylic acids is 1. The molecule has 0 aliphatic carbocycles. The van der Waals surface area contributed by atoms with Crippen molar-refractivity contribution in [1.29, 1.82) is 0 Å². The van der Waals surface area contributed by atoms with Gasteiger partial charge in [0.2, 0.25) is 0 Å². The molecule has 0 atom stereocenters. The molecular weight excluding hydrogens is 264 g/mol. The molecule has 0 radical (unpaired) electrons. The molecule has 0 saturated carbocycles. The number of rotatable bonds is 1. The van der Waals surface area contributed by atoms with Gasteiger partial charge in [0, 0.05) is 0 Å². The van der Waals surface area contributed by atoms with Gasteiger partial charge in [0.25, 0.3) is 0 Å². The number of halogens is 2. The van der Waals surface area contributed by atoms with Crippen molar-refractivity contribution in [3.63, 3.8) is 0 Å². The topological polar surface area (TPSA) is 42.9 Å². The van der Waals surface area contributed by atoms with Gasteiger partial charge in [-0.25, -0.2) is 9.97 Å². The molecular formula is C5H2Br2N2O. The van der Waals surface area contributed by atoms with Crippen molar-refractivity contribution in [3.05, 3.63) is 21.1 Å². The van der Waals surface area contributed by atoms with E-state index < -0.39 is 0 Å². The number of aromatic nitrogens is 2. The van der Waals surface area contributed by atoms with Crippen LogP contribution in [0, 0.1) is 0 Å². The summed E-state index contributed by atoms with van der Waals surface area (Å²) in [5.74, 6) is 0. The molecule has 1 aromatic rings. The SMILES string of the molecule is O=Cc1c(Br)ncnc1Br. The molecule has 1 rings (SSSR count). The van der Waals surface area contributed by atoms with Crippen molar-refractivity contribution in [1.82, 2.24) is 9.97 Å². The normalized spacial score (nSPS) is 9.40. The van der Waals surface area contributed by atoms with E-state index in [1.165, 1.54) is 6.33 Å². The fourth-order valence-corrected chi connectivity index (χ4v) is 1.46. The minimum atomic E-state index is 0.433. The largest absolute Gasteiger partial charge is 0.298 e. The average Bonchev–Trinajstić information content (AvgIpc) is 1.88. The highest BCUT2D eigenvalue weighted by molar-refractivity contribution is 9.11. The maximum atomic E-state index is 10.3. The fourth-order valence-electron chi connectivity index (χ4n) is 0.452. The van der Waals surface area contributed by atoms with Gasteiger partial charge in [-0.15, -0.1) is 0 Å². The summed E-state index contributed by atoms with van der Waals surface area (Å²) in [5, 5.41) is 0.